The number of rotatable bonds is 8. The standard InChI is InChI=1S/C28H27NO7/c1-4-36-23-15-19(10-13-22(23)30)25-24(26(31)18-8-11-20(34-2)12-9-18)27(32)28(33)29(25)16-17-6-5-7-21(14-17)35-3/h5-15,25,30-31H,4,16H2,1-3H3/b26-24-. The first-order valence-corrected chi connectivity index (χ1v) is 11.4. The average molecular weight is 490 g/mol. The minimum absolute atomic E-state index is 0.0544. The Morgan fingerprint density at radius 3 is 2.33 bits per heavy atom. The number of ketones is 1. The largest absolute Gasteiger partial charge is 0.507 e. The van der Waals surface area contributed by atoms with Gasteiger partial charge < -0.3 is 29.3 Å². The molecular formula is C28H27NO7. The van der Waals surface area contributed by atoms with Gasteiger partial charge in [0.25, 0.3) is 11.7 Å². The van der Waals surface area contributed by atoms with Crippen LogP contribution in [-0.4, -0.2) is 47.6 Å². The molecule has 0 radical (unpaired) electrons. The molecule has 1 aliphatic rings. The number of methoxy groups -OCH3 is 2. The Morgan fingerprint density at radius 1 is 0.944 bits per heavy atom. The van der Waals surface area contributed by atoms with E-state index < -0.39 is 17.7 Å². The minimum atomic E-state index is -0.918. The summed E-state index contributed by atoms with van der Waals surface area (Å²) in [7, 11) is 3.08. The van der Waals surface area contributed by atoms with Gasteiger partial charge in [-0.05, 0) is 66.6 Å². The van der Waals surface area contributed by atoms with Crippen molar-refractivity contribution in [1.29, 1.82) is 0 Å². The zero-order valence-electron chi connectivity index (χ0n) is 20.2. The zero-order valence-corrected chi connectivity index (χ0v) is 20.2. The molecular weight excluding hydrogens is 462 g/mol. The van der Waals surface area contributed by atoms with Crippen molar-refractivity contribution in [2.24, 2.45) is 0 Å². The lowest BCUT2D eigenvalue weighted by atomic mass is 9.94. The van der Waals surface area contributed by atoms with E-state index in [2.05, 4.69) is 0 Å². The number of hydrogen-bond acceptors (Lipinski definition) is 7. The fraction of sp³-hybridized carbons (Fsp3) is 0.214. The molecule has 0 aromatic heterocycles. The quantitative estimate of drug-likeness (QED) is 0.274. The molecule has 1 heterocycles. The maximum absolute atomic E-state index is 13.3. The molecule has 1 fully saturated rings. The third-order valence-corrected chi connectivity index (χ3v) is 5.99. The molecule has 4 rings (SSSR count). The minimum Gasteiger partial charge on any atom is -0.507 e. The number of aliphatic hydroxyl groups excluding tert-OH is 1. The molecule has 1 unspecified atom stereocenters. The number of likely N-dealkylation sites (tertiary alicyclic amines) is 1. The highest BCUT2D eigenvalue weighted by molar-refractivity contribution is 6.46. The van der Waals surface area contributed by atoms with Crippen LogP contribution in [0.15, 0.2) is 72.3 Å². The zero-order chi connectivity index (χ0) is 25.8. The van der Waals surface area contributed by atoms with Crippen LogP contribution < -0.4 is 14.2 Å². The molecule has 1 atom stereocenters. The molecule has 0 aliphatic carbocycles. The summed E-state index contributed by atoms with van der Waals surface area (Å²) in [5.41, 5.74) is 1.56. The number of nitrogens with zero attached hydrogens (tertiary/aromatic N) is 1. The van der Waals surface area contributed by atoms with Gasteiger partial charge in [0, 0.05) is 12.1 Å². The summed E-state index contributed by atoms with van der Waals surface area (Å²) in [6.07, 6.45) is 0. The van der Waals surface area contributed by atoms with Gasteiger partial charge in [0.2, 0.25) is 0 Å². The maximum atomic E-state index is 13.3. The second-order valence-corrected chi connectivity index (χ2v) is 8.17. The van der Waals surface area contributed by atoms with Crippen molar-refractivity contribution in [3.63, 3.8) is 0 Å². The van der Waals surface area contributed by atoms with Gasteiger partial charge in [0.05, 0.1) is 32.4 Å². The lowest BCUT2D eigenvalue weighted by molar-refractivity contribution is -0.140. The third kappa shape index (κ3) is 4.70. The van der Waals surface area contributed by atoms with E-state index >= 15 is 0 Å². The van der Waals surface area contributed by atoms with Crippen molar-refractivity contribution < 1.29 is 34.0 Å². The first kappa shape index (κ1) is 24.7. The van der Waals surface area contributed by atoms with Gasteiger partial charge >= 0.3 is 0 Å². The predicted molar refractivity (Wildman–Crippen MR) is 133 cm³/mol. The lowest BCUT2D eigenvalue weighted by Crippen LogP contribution is -2.29. The van der Waals surface area contributed by atoms with Crippen molar-refractivity contribution >= 4 is 17.4 Å². The van der Waals surface area contributed by atoms with Crippen LogP contribution in [0.1, 0.15) is 29.7 Å². The summed E-state index contributed by atoms with van der Waals surface area (Å²) in [5.74, 6) is -0.512. The molecule has 2 N–H and O–H groups in total. The Morgan fingerprint density at radius 2 is 1.67 bits per heavy atom. The van der Waals surface area contributed by atoms with E-state index in [1.807, 2.05) is 6.07 Å². The highest BCUT2D eigenvalue weighted by Crippen LogP contribution is 2.42. The van der Waals surface area contributed by atoms with E-state index in [1.165, 1.54) is 18.1 Å². The van der Waals surface area contributed by atoms with E-state index in [1.54, 1.807) is 68.6 Å². The van der Waals surface area contributed by atoms with Gasteiger partial charge in [-0.2, -0.15) is 0 Å². The van der Waals surface area contributed by atoms with E-state index in [4.69, 9.17) is 14.2 Å². The molecule has 0 saturated carbocycles. The van der Waals surface area contributed by atoms with Gasteiger partial charge in [0.1, 0.15) is 17.3 Å². The molecule has 0 spiro atoms. The summed E-state index contributed by atoms with van der Waals surface area (Å²) in [5, 5.41) is 21.5. The first-order valence-electron chi connectivity index (χ1n) is 11.4. The van der Waals surface area contributed by atoms with Gasteiger partial charge in [-0.3, -0.25) is 9.59 Å². The highest BCUT2D eigenvalue weighted by Gasteiger charge is 2.46. The predicted octanol–water partition coefficient (Wildman–Crippen LogP) is 4.43. The smallest absolute Gasteiger partial charge is 0.295 e. The number of benzene rings is 3. The van der Waals surface area contributed by atoms with Crippen LogP contribution in [0.2, 0.25) is 0 Å². The molecule has 3 aromatic carbocycles. The van der Waals surface area contributed by atoms with E-state index in [0.717, 1.165) is 5.56 Å². The second-order valence-electron chi connectivity index (χ2n) is 8.17. The van der Waals surface area contributed by atoms with Gasteiger partial charge in [-0.1, -0.05) is 18.2 Å². The normalized spacial score (nSPS) is 16.8. The number of carbonyl (C=O) groups excluding carboxylic acids is 2. The molecule has 8 nitrogen and oxygen atoms in total. The number of phenols is 1. The molecule has 1 aliphatic heterocycles. The summed E-state index contributed by atoms with van der Waals surface area (Å²) < 4.78 is 16.0. The monoisotopic (exact) mass is 489 g/mol. The fourth-order valence-corrected chi connectivity index (χ4v) is 4.23. The van der Waals surface area contributed by atoms with Gasteiger partial charge in [-0.15, -0.1) is 0 Å². The molecule has 1 amide bonds. The van der Waals surface area contributed by atoms with Crippen molar-refractivity contribution in [1.82, 2.24) is 4.90 Å². The van der Waals surface area contributed by atoms with Crippen LogP contribution in [-0.2, 0) is 16.1 Å². The Balaban J connectivity index is 1.86. The van der Waals surface area contributed by atoms with Crippen molar-refractivity contribution in [2.75, 3.05) is 20.8 Å². The van der Waals surface area contributed by atoms with E-state index in [-0.39, 0.29) is 29.4 Å². The molecule has 186 valence electrons. The number of carbonyl (C=O) groups is 2. The first-order chi connectivity index (χ1) is 17.4. The van der Waals surface area contributed by atoms with Crippen molar-refractivity contribution in [2.45, 2.75) is 19.5 Å². The summed E-state index contributed by atoms with van der Waals surface area (Å²) in [4.78, 5) is 28.0. The molecule has 0 bridgehead atoms. The number of aromatic hydroxyl groups is 1. The Labute approximate surface area is 209 Å². The van der Waals surface area contributed by atoms with Crippen LogP contribution in [0, 0.1) is 0 Å². The average Bonchev–Trinajstić information content (AvgIpc) is 3.14. The van der Waals surface area contributed by atoms with E-state index in [0.29, 0.717) is 29.2 Å². The highest BCUT2D eigenvalue weighted by atomic mass is 16.5. The van der Waals surface area contributed by atoms with Crippen LogP contribution in [0.5, 0.6) is 23.0 Å². The second kappa shape index (κ2) is 10.4. The van der Waals surface area contributed by atoms with Crippen LogP contribution in [0.4, 0.5) is 0 Å². The number of hydrogen-bond donors (Lipinski definition) is 2. The Bertz CT molecular complexity index is 1310. The molecule has 36 heavy (non-hydrogen) atoms. The maximum Gasteiger partial charge on any atom is 0.295 e. The van der Waals surface area contributed by atoms with Gasteiger partial charge in [-0.25, -0.2) is 0 Å². The molecule has 8 heteroatoms. The number of phenolic OH excluding ortho intramolecular Hbond substituents is 1. The number of amides is 1. The van der Waals surface area contributed by atoms with Crippen molar-refractivity contribution in [3.05, 3.63) is 89.0 Å². The number of aliphatic hydroxyl groups is 1. The summed E-state index contributed by atoms with van der Waals surface area (Å²) in [6, 6.07) is 17.4. The summed E-state index contributed by atoms with van der Waals surface area (Å²) in [6.45, 7) is 2.19. The Hall–Kier alpha value is -4.46. The van der Waals surface area contributed by atoms with Crippen LogP contribution in [0.25, 0.3) is 5.76 Å². The Kier molecular flexibility index (Phi) is 7.15. The summed E-state index contributed by atoms with van der Waals surface area (Å²) >= 11 is 0. The van der Waals surface area contributed by atoms with Crippen LogP contribution in [0.3, 0.4) is 0 Å². The fourth-order valence-electron chi connectivity index (χ4n) is 4.23. The topological polar surface area (TPSA) is 106 Å². The molecule has 1 saturated heterocycles. The van der Waals surface area contributed by atoms with Crippen LogP contribution >= 0.6 is 0 Å². The molecule has 3 aromatic rings. The SMILES string of the molecule is CCOc1cc(C2/C(=C(/O)c3ccc(OC)cc3)C(=O)C(=O)N2Cc2cccc(OC)c2)ccc1O. The van der Waals surface area contributed by atoms with E-state index in [9.17, 15) is 19.8 Å². The number of Topliss-reactive ketones (excluding diaryl/α,β-unsaturated/α-hetero) is 1. The van der Waals surface area contributed by atoms with Gasteiger partial charge in [0.15, 0.2) is 11.5 Å². The van der Waals surface area contributed by atoms with Crippen molar-refractivity contribution in [3.8, 4) is 23.0 Å². The number of ether oxygens (including phenoxy) is 3. The third-order valence-electron chi connectivity index (χ3n) is 5.99. The lowest BCUT2D eigenvalue weighted by Gasteiger charge is -2.26.